The van der Waals surface area contributed by atoms with Gasteiger partial charge in [0.05, 0.1) is 0 Å². The fraction of sp³-hybridized carbons (Fsp3) is 0.300. The van der Waals surface area contributed by atoms with Crippen LogP contribution in [0.4, 0.5) is 0 Å². The number of carbonyl (C=O) groups excluding carboxylic acids is 1. The number of hydrogen-bond donors (Lipinski definition) is 1. The minimum absolute atomic E-state index is 0.192. The van der Waals surface area contributed by atoms with E-state index < -0.39 is 0 Å². The number of Topliss-reactive ketones (excluding diaryl/α,β-unsaturated/α-hetero) is 1. The number of phenolic OH excluding ortho intramolecular Hbond substituents is 1. The molecule has 1 N–H and O–H groups in total. The smallest absolute Gasteiger partial charge is 0.163 e. The van der Waals surface area contributed by atoms with Gasteiger partial charge in [0.25, 0.3) is 0 Å². The molecule has 0 saturated carbocycles. The van der Waals surface area contributed by atoms with Crippen molar-refractivity contribution in [2.45, 2.75) is 19.3 Å². The second kappa shape index (κ2) is 2.34. The Hall–Kier alpha value is -1.31. The zero-order chi connectivity index (χ0) is 8.72. The zero-order valence-corrected chi connectivity index (χ0v) is 6.87. The van der Waals surface area contributed by atoms with Crippen LogP contribution in [-0.4, -0.2) is 10.9 Å². The van der Waals surface area contributed by atoms with Gasteiger partial charge in [-0.25, -0.2) is 0 Å². The maximum atomic E-state index is 11.3. The van der Waals surface area contributed by atoms with Gasteiger partial charge in [-0.15, -0.1) is 0 Å². The van der Waals surface area contributed by atoms with Gasteiger partial charge in [-0.2, -0.15) is 0 Å². The highest BCUT2D eigenvalue weighted by Gasteiger charge is 2.25. The predicted octanol–water partition coefficient (Wildman–Crippen LogP) is 2.08. The van der Waals surface area contributed by atoms with E-state index in [9.17, 15) is 9.90 Å². The number of benzene rings is 1. The Morgan fingerprint density at radius 2 is 2.25 bits per heavy atom. The second-order valence-corrected chi connectivity index (χ2v) is 3.30. The quantitative estimate of drug-likeness (QED) is 0.634. The molecule has 0 aromatic heterocycles. The Morgan fingerprint density at radius 3 is 3.00 bits per heavy atom. The Labute approximate surface area is 70.8 Å². The average molecular weight is 162 g/mol. The lowest BCUT2D eigenvalue weighted by Gasteiger charge is -2.02. The number of carbonyl (C=O) groups is 1. The van der Waals surface area contributed by atoms with Crippen LogP contribution >= 0.6 is 0 Å². The van der Waals surface area contributed by atoms with Crippen LogP contribution in [0.3, 0.4) is 0 Å². The van der Waals surface area contributed by atoms with Crippen molar-refractivity contribution in [3.63, 3.8) is 0 Å². The van der Waals surface area contributed by atoms with Crippen molar-refractivity contribution < 1.29 is 9.90 Å². The summed E-state index contributed by atoms with van der Waals surface area (Å²) in [4.78, 5) is 11.3. The summed E-state index contributed by atoms with van der Waals surface area (Å²) in [6, 6.07) is 4.95. The molecule has 1 aliphatic rings. The molecule has 0 saturated heterocycles. The van der Waals surface area contributed by atoms with Crippen LogP contribution in [0.15, 0.2) is 18.2 Å². The van der Waals surface area contributed by atoms with Gasteiger partial charge in [-0.3, -0.25) is 4.79 Å². The van der Waals surface area contributed by atoms with Crippen LogP contribution in [0.1, 0.15) is 35.2 Å². The normalized spacial score (nSPS) is 21.1. The zero-order valence-electron chi connectivity index (χ0n) is 6.87. The molecule has 0 bridgehead atoms. The molecule has 0 fully saturated rings. The van der Waals surface area contributed by atoms with Gasteiger partial charge in [0, 0.05) is 12.0 Å². The number of rotatable bonds is 0. The highest BCUT2D eigenvalue weighted by molar-refractivity contribution is 6.01. The largest absolute Gasteiger partial charge is 0.508 e. The van der Waals surface area contributed by atoms with E-state index in [0.717, 1.165) is 11.1 Å². The summed E-state index contributed by atoms with van der Waals surface area (Å²) in [5.74, 6) is 0.701. The first kappa shape index (κ1) is 7.35. The van der Waals surface area contributed by atoms with E-state index in [2.05, 4.69) is 0 Å². The van der Waals surface area contributed by atoms with Crippen molar-refractivity contribution in [3.05, 3.63) is 29.3 Å². The molecule has 0 aliphatic heterocycles. The van der Waals surface area contributed by atoms with E-state index in [1.165, 1.54) is 0 Å². The van der Waals surface area contributed by atoms with Crippen molar-refractivity contribution in [2.75, 3.05) is 0 Å². The number of hydrogen-bond acceptors (Lipinski definition) is 2. The maximum Gasteiger partial charge on any atom is 0.163 e. The molecule has 1 aliphatic carbocycles. The summed E-state index contributed by atoms with van der Waals surface area (Å²) in [5, 5.41) is 9.19. The maximum absolute atomic E-state index is 11.3. The molecule has 2 rings (SSSR count). The first-order valence-electron chi connectivity index (χ1n) is 4.04. The van der Waals surface area contributed by atoms with E-state index in [4.69, 9.17) is 0 Å². The fourth-order valence-electron chi connectivity index (χ4n) is 1.71. The number of fused-ring (bicyclic) bond motifs is 1. The SMILES string of the molecule is C[C@H]1CC(=O)c2ccc(O)cc21. The summed E-state index contributed by atoms with van der Waals surface area (Å²) >= 11 is 0. The summed E-state index contributed by atoms with van der Waals surface area (Å²) in [6.07, 6.45) is 0.582. The Balaban J connectivity index is 2.60. The molecule has 62 valence electrons. The summed E-state index contributed by atoms with van der Waals surface area (Å²) < 4.78 is 0. The molecule has 0 radical (unpaired) electrons. The Kier molecular flexibility index (Phi) is 1.43. The van der Waals surface area contributed by atoms with Gasteiger partial charge in [-0.05, 0) is 29.7 Å². The van der Waals surface area contributed by atoms with E-state index in [1.54, 1.807) is 18.2 Å². The highest BCUT2D eigenvalue weighted by atomic mass is 16.3. The molecule has 0 amide bonds. The molecule has 0 unspecified atom stereocenters. The van der Waals surface area contributed by atoms with E-state index >= 15 is 0 Å². The van der Waals surface area contributed by atoms with Crippen molar-refractivity contribution in [2.24, 2.45) is 0 Å². The summed E-state index contributed by atoms with van der Waals surface area (Å²) in [5.41, 5.74) is 1.76. The lowest BCUT2D eigenvalue weighted by Crippen LogP contribution is -1.89. The second-order valence-electron chi connectivity index (χ2n) is 3.30. The fourth-order valence-corrected chi connectivity index (χ4v) is 1.71. The Bertz CT molecular complexity index is 342. The van der Waals surface area contributed by atoms with Crippen LogP contribution < -0.4 is 0 Å². The van der Waals surface area contributed by atoms with Crippen LogP contribution in [0.2, 0.25) is 0 Å². The van der Waals surface area contributed by atoms with Gasteiger partial charge in [0.1, 0.15) is 5.75 Å². The molecular formula is C10H10O2. The number of ketones is 1. The average Bonchev–Trinajstić information content (AvgIpc) is 2.28. The van der Waals surface area contributed by atoms with Crippen LogP contribution in [-0.2, 0) is 0 Å². The standard InChI is InChI=1S/C10H10O2/c1-6-4-10(12)8-3-2-7(11)5-9(6)8/h2-3,5-6,11H,4H2,1H3/t6-/m0/s1. The lowest BCUT2D eigenvalue weighted by molar-refractivity contribution is 0.0990. The Morgan fingerprint density at radius 1 is 1.50 bits per heavy atom. The van der Waals surface area contributed by atoms with Gasteiger partial charge >= 0.3 is 0 Å². The van der Waals surface area contributed by atoms with Crippen molar-refractivity contribution in [3.8, 4) is 5.75 Å². The third kappa shape index (κ3) is 0.916. The van der Waals surface area contributed by atoms with Gasteiger partial charge < -0.3 is 5.11 Å². The summed E-state index contributed by atoms with van der Waals surface area (Å²) in [6.45, 7) is 2.00. The molecular weight excluding hydrogens is 152 g/mol. The molecule has 0 heterocycles. The topological polar surface area (TPSA) is 37.3 Å². The molecule has 2 nitrogen and oxygen atoms in total. The molecule has 1 aromatic rings. The van der Waals surface area contributed by atoms with E-state index in [0.29, 0.717) is 6.42 Å². The number of phenols is 1. The molecule has 2 heteroatoms. The first-order chi connectivity index (χ1) is 5.68. The third-order valence-electron chi connectivity index (χ3n) is 2.36. The molecule has 0 spiro atoms. The highest BCUT2D eigenvalue weighted by Crippen LogP contribution is 2.34. The monoisotopic (exact) mass is 162 g/mol. The number of aromatic hydroxyl groups is 1. The van der Waals surface area contributed by atoms with Gasteiger partial charge in [0.15, 0.2) is 5.78 Å². The summed E-state index contributed by atoms with van der Waals surface area (Å²) in [7, 11) is 0. The van der Waals surface area contributed by atoms with Crippen LogP contribution in [0.5, 0.6) is 5.75 Å². The predicted molar refractivity (Wildman–Crippen MR) is 45.5 cm³/mol. The minimum Gasteiger partial charge on any atom is -0.508 e. The van der Waals surface area contributed by atoms with Gasteiger partial charge in [0.2, 0.25) is 0 Å². The lowest BCUT2D eigenvalue weighted by atomic mass is 10.0. The van der Waals surface area contributed by atoms with Crippen molar-refractivity contribution >= 4 is 5.78 Å². The molecule has 12 heavy (non-hydrogen) atoms. The van der Waals surface area contributed by atoms with Gasteiger partial charge in [-0.1, -0.05) is 6.92 Å². The molecule has 1 aromatic carbocycles. The van der Waals surface area contributed by atoms with Crippen molar-refractivity contribution in [1.29, 1.82) is 0 Å². The first-order valence-corrected chi connectivity index (χ1v) is 4.04. The van der Waals surface area contributed by atoms with Crippen LogP contribution in [0, 0.1) is 0 Å². The van der Waals surface area contributed by atoms with Crippen LogP contribution in [0.25, 0.3) is 0 Å². The van der Waals surface area contributed by atoms with Crippen molar-refractivity contribution in [1.82, 2.24) is 0 Å². The molecule has 1 atom stereocenters. The third-order valence-corrected chi connectivity index (χ3v) is 2.36. The van der Waals surface area contributed by atoms with E-state index in [-0.39, 0.29) is 17.5 Å². The van der Waals surface area contributed by atoms with E-state index in [1.807, 2.05) is 6.92 Å². The minimum atomic E-state index is 0.192.